The summed E-state index contributed by atoms with van der Waals surface area (Å²) in [6.45, 7) is 4.50. The quantitative estimate of drug-likeness (QED) is 0.828. The predicted molar refractivity (Wildman–Crippen MR) is 74.3 cm³/mol. The number of morpholine rings is 1. The van der Waals surface area contributed by atoms with Gasteiger partial charge in [-0.3, -0.25) is 0 Å². The molecule has 0 bridgehead atoms. The minimum atomic E-state index is 0.255. The fourth-order valence-corrected chi connectivity index (χ4v) is 2.30. The Morgan fingerprint density at radius 3 is 3.05 bits per heavy atom. The van der Waals surface area contributed by atoms with Gasteiger partial charge < -0.3 is 9.64 Å². The van der Waals surface area contributed by atoms with Crippen LogP contribution in [0, 0.1) is 0 Å². The van der Waals surface area contributed by atoms with Gasteiger partial charge in [0.25, 0.3) is 0 Å². The molecule has 0 N–H and O–H groups in total. The summed E-state index contributed by atoms with van der Waals surface area (Å²) in [6, 6.07) is 1.85. The summed E-state index contributed by atoms with van der Waals surface area (Å²) in [7, 11) is 1.85. The van der Waals surface area contributed by atoms with Gasteiger partial charge in [-0.1, -0.05) is 6.92 Å². The fourth-order valence-electron chi connectivity index (χ4n) is 2.30. The molecule has 0 radical (unpaired) electrons. The van der Waals surface area contributed by atoms with Gasteiger partial charge in [-0.05, 0) is 12.5 Å². The van der Waals surface area contributed by atoms with E-state index in [0.29, 0.717) is 0 Å². The number of aryl methyl sites for hydroxylation is 1. The van der Waals surface area contributed by atoms with Crippen LogP contribution in [0.3, 0.4) is 0 Å². The maximum Gasteiger partial charge on any atom is 0.226 e. The Labute approximate surface area is 117 Å². The molecule has 1 aliphatic heterocycles. The van der Waals surface area contributed by atoms with Gasteiger partial charge in [0.15, 0.2) is 5.82 Å². The highest BCUT2D eigenvalue weighted by atomic mass is 16.5. The molecule has 0 amide bonds. The van der Waals surface area contributed by atoms with E-state index >= 15 is 0 Å². The van der Waals surface area contributed by atoms with E-state index in [4.69, 9.17) is 4.74 Å². The standard InChI is InChI=1S/C13H18N6O/c1-3-10-8-19(6-7-20-10)13-14-5-4-11(17-13)12-15-9-16-18(12)2/h4-5,9-10H,3,6-8H2,1-2H3/t10-/m1/s1. The van der Waals surface area contributed by atoms with E-state index in [9.17, 15) is 0 Å². The van der Waals surface area contributed by atoms with E-state index in [0.717, 1.165) is 43.6 Å². The second kappa shape index (κ2) is 5.54. The number of ether oxygens (including phenoxy) is 1. The first-order valence-corrected chi connectivity index (χ1v) is 6.82. The van der Waals surface area contributed by atoms with Crippen LogP contribution in [0.4, 0.5) is 5.95 Å². The number of nitrogens with zero attached hydrogens (tertiary/aromatic N) is 6. The van der Waals surface area contributed by atoms with E-state index in [1.165, 1.54) is 6.33 Å². The predicted octanol–water partition coefficient (Wildman–Crippen LogP) is 0.887. The van der Waals surface area contributed by atoms with E-state index in [1.54, 1.807) is 10.9 Å². The van der Waals surface area contributed by atoms with Crippen molar-refractivity contribution >= 4 is 5.95 Å². The minimum absolute atomic E-state index is 0.255. The van der Waals surface area contributed by atoms with Gasteiger partial charge in [-0.2, -0.15) is 5.10 Å². The van der Waals surface area contributed by atoms with Crippen molar-refractivity contribution in [1.82, 2.24) is 24.7 Å². The lowest BCUT2D eigenvalue weighted by Gasteiger charge is -2.32. The lowest BCUT2D eigenvalue weighted by Crippen LogP contribution is -2.43. The van der Waals surface area contributed by atoms with Gasteiger partial charge >= 0.3 is 0 Å². The molecule has 3 rings (SSSR count). The topological polar surface area (TPSA) is 69.0 Å². The van der Waals surface area contributed by atoms with Crippen LogP contribution in [0.1, 0.15) is 13.3 Å². The summed E-state index contributed by atoms with van der Waals surface area (Å²) in [5.74, 6) is 1.47. The third kappa shape index (κ3) is 2.49. The van der Waals surface area contributed by atoms with Crippen LogP contribution >= 0.6 is 0 Å². The van der Waals surface area contributed by atoms with E-state index in [-0.39, 0.29) is 6.10 Å². The molecule has 7 heteroatoms. The molecule has 0 aromatic carbocycles. The van der Waals surface area contributed by atoms with Crippen molar-refractivity contribution in [1.29, 1.82) is 0 Å². The van der Waals surface area contributed by atoms with E-state index in [1.807, 2.05) is 13.1 Å². The zero-order chi connectivity index (χ0) is 13.9. The molecular formula is C13H18N6O. The first-order valence-electron chi connectivity index (χ1n) is 6.82. The average molecular weight is 274 g/mol. The molecular weight excluding hydrogens is 256 g/mol. The second-order valence-corrected chi connectivity index (χ2v) is 4.80. The monoisotopic (exact) mass is 274 g/mol. The Bertz CT molecular complexity index is 584. The van der Waals surface area contributed by atoms with Crippen molar-refractivity contribution in [2.75, 3.05) is 24.6 Å². The Morgan fingerprint density at radius 1 is 1.40 bits per heavy atom. The highest BCUT2D eigenvalue weighted by Crippen LogP contribution is 2.18. The SMILES string of the molecule is CC[C@@H]1CN(c2nccc(-c3ncnn3C)n2)CCO1. The summed E-state index contributed by atoms with van der Waals surface area (Å²) in [6.07, 6.45) is 4.55. The maximum absolute atomic E-state index is 5.68. The molecule has 1 atom stereocenters. The molecule has 1 saturated heterocycles. The zero-order valence-electron chi connectivity index (χ0n) is 11.7. The molecule has 0 unspecified atom stereocenters. The summed E-state index contributed by atoms with van der Waals surface area (Å²) in [4.78, 5) is 15.4. The third-order valence-electron chi connectivity index (χ3n) is 3.46. The van der Waals surface area contributed by atoms with Gasteiger partial charge in [-0.25, -0.2) is 19.6 Å². The molecule has 0 saturated carbocycles. The van der Waals surface area contributed by atoms with Crippen LogP contribution in [0.2, 0.25) is 0 Å². The Morgan fingerprint density at radius 2 is 2.30 bits per heavy atom. The number of hydrogen-bond donors (Lipinski definition) is 0. The molecule has 20 heavy (non-hydrogen) atoms. The molecule has 0 aliphatic carbocycles. The molecule has 106 valence electrons. The minimum Gasteiger partial charge on any atom is -0.375 e. The van der Waals surface area contributed by atoms with Crippen LogP contribution in [-0.2, 0) is 11.8 Å². The van der Waals surface area contributed by atoms with Crippen LogP contribution < -0.4 is 4.90 Å². The normalized spacial score (nSPS) is 19.3. The van der Waals surface area contributed by atoms with Crippen LogP contribution in [0.25, 0.3) is 11.5 Å². The van der Waals surface area contributed by atoms with Gasteiger partial charge in [0.1, 0.15) is 12.0 Å². The van der Waals surface area contributed by atoms with Crippen molar-refractivity contribution in [2.24, 2.45) is 7.05 Å². The number of anilines is 1. The number of aromatic nitrogens is 5. The van der Waals surface area contributed by atoms with Crippen LogP contribution in [-0.4, -0.2) is 50.5 Å². The summed E-state index contributed by atoms with van der Waals surface area (Å²) in [5, 5.41) is 4.07. The van der Waals surface area contributed by atoms with Gasteiger partial charge in [-0.15, -0.1) is 0 Å². The first kappa shape index (κ1) is 13.0. The Hall–Kier alpha value is -2.02. The largest absolute Gasteiger partial charge is 0.375 e. The van der Waals surface area contributed by atoms with Crippen LogP contribution in [0.15, 0.2) is 18.6 Å². The van der Waals surface area contributed by atoms with Crippen molar-refractivity contribution in [2.45, 2.75) is 19.4 Å². The van der Waals surface area contributed by atoms with Gasteiger partial charge in [0.05, 0.1) is 12.7 Å². The lowest BCUT2D eigenvalue weighted by atomic mass is 10.2. The highest BCUT2D eigenvalue weighted by molar-refractivity contribution is 5.51. The second-order valence-electron chi connectivity index (χ2n) is 4.80. The molecule has 2 aromatic heterocycles. The third-order valence-corrected chi connectivity index (χ3v) is 3.46. The van der Waals surface area contributed by atoms with Crippen LogP contribution in [0.5, 0.6) is 0 Å². The average Bonchev–Trinajstić information content (AvgIpc) is 2.94. The van der Waals surface area contributed by atoms with E-state index < -0.39 is 0 Å². The molecule has 3 heterocycles. The van der Waals surface area contributed by atoms with E-state index in [2.05, 4.69) is 31.9 Å². The summed E-state index contributed by atoms with van der Waals surface area (Å²) in [5.41, 5.74) is 0.787. The molecule has 7 nitrogen and oxygen atoms in total. The van der Waals surface area contributed by atoms with Crippen molar-refractivity contribution in [3.63, 3.8) is 0 Å². The highest BCUT2D eigenvalue weighted by Gasteiger charge is 2.21. The molecule has 0 spiro atoms. The molecule has 1 fully saturated rings. The van der Waals surface area contributed by atoms with Crippen molar-refractivity contribution in [3.8, 4) is 11.5 Å². The Kier molecular flexibility index (Phi) is 3.60. The van der Waals surface area contributed by atoms with Crippen molar-refractivity contribution in [3.05, 3.63) is 18.6 Å². The first-order chi connectivity index (χ1) is 9.78. The maximum atomic E-state index is 5.68. The number of hydrogen-bond acceptors (Lipinski definition) is 6. The van der Waals surface area contributed by atoms with Gasteiger partial charge in [0.2, 0.25) is 5.95 Å². The van der Waals surface area contributed by atoms with Crippen molar-refractivity contribution < 1.29 is 4.74 Å². The Balaban J connectivity index is 1.86. The number of rotatable bonds is 3. The molecule has 2 aromatic rings. The summed E-state index contributed by atoms with van der Waals surface area (Å²) < 4.78 is 7.39. The smallest absolute Gasteiger partial charge is 0.226 e. The summed E-state index contributed by atoms with van der Waals surface area (Å²) >= 11 is 0. The lowest BCUT2D eigenvalue weighted by molar-refractivity contribution is 0.0379. The zero-order valence-corrected chi connectivity index (χ0v) is 11.7. The fraction of sp³-hybridized carbons (Fsp3) is 0.538. The molecule has 1 aliphatic rings. The van der Waals surface area contributed by atoms with Gasteiger partial charge in [0, 0.05) is 26.3 Å².